The molecule has 0 saturated heterocycles. The van der Waals surface area contributed by atoms with E-state index < -0.39 is 0 Å². The molecular formula is C17H32N2O. The molecule has 0 aromatic carbocycles. The fourth-order valence-corrected chi connectivity index (χ4v) is 3.76. The number of amides is 2. The topological polar surface area (TPSA) is 41.1 Å². The van der Waals surface area contributed by atoms with Crippen LogP contribution >= 0.6 is 0 Å². The van der Waals surface area contributed by atoms with Crippen molar-refractivity contribution in [2.75, 3.05) is 13.1 Å². The summed E-state index contributed by atoms with van der Waals surface area (Å²) in [7, 11) is 0. The summed E-state index contributed by atoms with van der Waals surface area (Å²) in [6.45, 7) is 3.99. The molecule has 0 aliphatic heterocycles. The average Bonchev–Trinajstić information content (AvgIpc) is 2.41. The van der Waals surface area contributed by atoms with E-state index in [1.165, 1.54) is 57.8 Å². The number of carbonyl (C=O) groups excluding carboxylic acids is 1. The molecule has 20 heavy (non-hydrogen) atoms. The van der Waals surface area contributed by atoms with Crippen LogP contribution < -0.4 is 10.6 Å². The Morgan fingerprint density at radius 1 is 0.950 bits per heavy atom. The Kier molecular flexibility index (Phi) is 6.68. The van der Waals surface area contributed by atoms with E-state index in [1.54, 1.807) is 0 Å². The Morgan fingerprint density at radius 3 is 2.35 bits per heavy atom. The van der Waals surface area contributed by atoms with Gasteiger partial charge in [-0.1, -0.05) is 58.3 Å². The summed E-state index contributed by atoms with van der Waals surface area (Å²) in [5.74, 6) is 2.42. The molecule has 3 nitrogen and oxygen atoms in total. The van der Waals surface area contributed by atoms with Gasteiger partial charge in [-0.2, -0.15) is 0 Å². The lowest BCUT2D eigenvalue weighted by Crippen LogP contribution is -2.41. The standard InChI is InChI=1S/C17H32N2O/c1-2-6-15-9-3-4-10-16(15)13-19-17(20)18-12-11-14-7-5-8-14/h14-16H,2-13H2,1H3,(H2,18,19,20). The first-order valence-electron chi connectivity index (χ1n) is 8.81. The maximum Gasteiger partial charge on any atom is 0.314 e. The number of carbonyl (C=O) groups is 1. The summed E-state index contributed by atoms with van der Waals surface area (Å²) in [4.78, 5) is 11.8. The molecule has 2 N–H and O–H groups in total. The first kappa shape index (κ1) is 15.7. The third-order valence-electron chi connectivity index (χ3n) is 5.31. The molecule has 2 saturated carbocycles. The molecule has 0 radical (unpaired) electrons. The van der Waals surface area contributed by atoms with E-state index >= 15 is 0 Å². The molecule has 2 rings (SSSR count). The van der Waals surface area contributed by atoms with Crippen LogP contribution in [0.5, 0.6) is 0 Å². The van der Waals surface area contributed by atoms with Crippen molar-refractivity contribution < 1.29 is 4.79 Å². The van der Waals surface area contributed by atoms with Crippen LogP contribution in [0, 0.1) is 17.8 Å². The molecule has 0 aromatic heterocycles. The van der Waals surface area contributed by atoms with Crippen LogP contribution in [-0.2, 0) is 0 Å². The first-order valence-corrected chi connectivity index (χ1v) is 8.81. The molecular weight excluding hydrogens is 248 g/mol. The highest BCUT2D eigenvalue weighted by atomic mass is 16.2. The van der Waals surface area contributed by atoms with E-state index in [2.05, 4.69) is 17.6 Å². The van der Waals surface area contributed by atoms with E-state index in [-0.39, 0.29) is 6.03 Å². The zero-order valence-corrected chi connectivity index (χ0v) is 13.1. The third kappa shape index (κ3) is 4.99. The molecule has 3 heteroatoms. The van der Waals surface area contributed by atoms with E-state index in [9.17, 15) is 4.79 Å². The fraction of sp³-hybridized carbons (Fsp3) is 0.941. The van der Waals surface area contributed by atoms with Crippen LogP contribution in [0.4, 0.5) is 4.79 Å². The van der Waals surface area contributed by atoms with Gasteiger partial charge in [0.05, 0.1) is 0 Å². The molecule has 0 aromatic rings. The monoisotopic (exact) mass is 280 g/mol. The smallest absolute Gasteiger partial charge is 0.314 e. The van der Waals surface area contributed by atoms with E-state index in [0.29, 0.717) is 5.92 Å². The molecule has 0 heterocycles. The molecule has 2 amide bonds. The van der Waals surface area contributed by atoms with Gasteiger partial charge in [0, 0.05) is 13.1 Å². The van der Waals surface area contributed by atoms with Crippen molar-refractivity contribution in [3.05, 3.63) is 0 Å². The maximum atomic E-state index is 11.8. The van der Waals surface area contributed by atoms with Gasteiger partial charge >= 0.3 is 6.03 Å². The average molecular weight is 280 g/mol. The minimum Gasteiger partial charge on any atom is -0.338 e. The van der Waals surface area contributed by atoms with Crippen molar-refractivity contribution in [2.24, 2.45) is 17.8 Å². The Balaban J connectivity index is 1.58. The number of hydrogen-bond acceptors (Lipinski definition) is 1. The molecule has 2 aliphatic carbocycles. The minimum absolute atomic E-state index is 0.0464. The summed E-state index contributed by atoms with van der Waals surface area (Å²) in [5, 5.41) is 6.12. The summed E-state index contributed by atoms with van der Waals surface area (Å²) in [5.41, 5.74) is 0. The minimum atomic E-state index is 0.0464. The highest BCUT2D eigenvalue weighted by molar-refractivity contribution is 5.73. The lowest BCUT2D eigenvalue weighted by molar-refractivity contribution is 0.206. The van der Waals surface area contributed by atoms with Crippen LogP contribution in [0.2, 0.25) is 0 Å². The Morgan fingerprint density at radius 2 is 1.70 bits per heavy atom. The molecule has 0 spiro atoms. The van der Waals surface area contributed by atoms with Crippen molar-refractivity contribution in [1.29, 1.82) is 0 Å². The largest absolute Gasteiger partial charge is 0.338 e. The molecule has 2 unspecified atom stereocenters. The second-order valence-corrected chi connectivity index (χ2v) is 6.82. The molecule has 116 valence electrons. The van der Waals surface area contributed by atoms with Crippen LogP contribution in [-0.4, -0.2) is 19.1 Å². The van der Waals surface area contributed by atoms with Gasteiger partial charge in [-0.25, -0.2) is 4.79 Å². The molecule has 0 bridgehead atoms. The number of urea groups is 1. The summed E-state index contributed by atoms with van der Waals surface area (Å²) < 4.78 is 0. The van der Waals surface area contributed by atoms with Gasteiger partial charge in [0.2, 0.25) is 0 Å². The van der Waals surface area contributed by atoms with Gasteiger partial charge in [-0.15, -0.1) is 0 Å². The number of nitrogens with one attached hydrogen (secondary N) is 2. The predicted octanol–water partition coefficient (Wildman–Crippen LogP) is 4.08. The molecule has 2 fully saturated rings. The van der Waals surface area contributed by atoms with Gasteiger partial charge in [0.1, 0.15) is 0 Å². The predicted molar refractivity (Wildman–Crippen MR) is 83.7 cm³/mol. The van der Waals surface area contributed by atoms with Gasteiger partial charge in [0.15, 0.2) is 0 Å². The Hall–Kier alpha value is -0.730. The van der Waals surface area contributed by atoms with Crippen molar-refractivity contribution in [2.45, 2.75) is 71.1 Å². The lowest BCUT2D eigenvalue weighted by Gasteiger charge is -2.31. The molecule has 2 atom stereocenters. The van der Waals surface area contributed by atoms with Crippen molar-refractivity contribution in [3.63, 3.8) is 0 Å². The summed E-state index contributed by atoms with van der Waals surface area (Å²) in [6, 6.07) is 0.0464. The highest BCUT2D eigenvalue weighted by Crippen LogP contribution is 2.32. The number of hydrogen-bond donors (Lipinski definition) is 2. The third-order valence-corrected chi connectivity index (χ3v) is 5.31. The van der Waals surface area contributed by atoms with E-state index in [4.69, 9.17) is 0 Å². The van der Waals surface area contributed by atoms with E-state index in [0.717, 1.165) is 31.3 Å². The zero-order chi connectivity index (χ0) is 14.2. The first-order chi connectivity index (χ1) is 9.79. The lowest BCUT2D eigenvalue weighted by atomic mass is 9.77. The SMILES string of the molecule is CCCC1CCCCC1CNC(=O)NCCC1CCC1. The second kappa shape index (κ2) is 8.53. The molecule has 2 aliphatic rings. The second-order valence-electron chi connectivity index (χ2n) is 6.82. The Labute approximate surface area is 124 Å². The Bertz CT molecular complexity index is 287. The van der Waals surface area contributed by atoms with Crippen LogP contribution in [0.15, 0.2) is 0 Å². The normalized spacial score (nSPS) is 26.9. The van der Waals surface area contributed by atoms with Gasteiger partial charge in [-0.3, -0.25) is 0 Å². The van der Waals surface area contributed by atoms with Crippen LogP contribution in [0.25, 0.3) is 0 Å². The number of rotatable bonds is 7. The quantitative estimate of drug-likeness (QED) is 0.725. The summed E-state index contributed by atoms with van der Waals surface area (Å²) >= 11 is 0. The van der Waals surface area contributed by atoms with Crippen molar-refractivity contribution in [1.82, 2.24) is 10.6 Å². The summed E-state index contributed by atoms with van der Waals surface area (Å²) in [6.07, 6.45) is 13.3. The van der Waals surface area contributed by atoms with Crippen LogP contribution in [0.3, 0.4) is 0 Å². The van der Waals surface area contributed by atoms with E-state index in [1.807, 2.05) is 0 Å². The van der Waals surface area contributed by atoms with Crippen LogP contribution in [0.1, 0.15) is 71.1 Å². The van der Waals surface area contributed by atoms with Gasteiger partial charge < -0.3 is 10.6 Å². The maximum absolute atomic E-state index is 11.8. The van der Waals surface area contributed by atoms with Gasteiger partial charge in [0.25, 0.3) is 0 Å². The fourth-order valence-electron chi connectivity index (χ4n) is 3.76. The van der Waals surface area contributed by atoms with Gasteiger partial charge in [-0.05, 0) is 30.6 Å². The van der Waals surface area contributed by atoms with Crippen molar-refractivity contribution >= 4 is 6.03 Å². The zero-order valence-electron chi connectivity index (χ0n) is 13.1. The highest BCUT2D eigenvalue weighted by Gasteiger charge is 2.24. The van der Waals surface area contributed by atoms with Crippen molar-refractivity contribution in [3.8, 4) is 0 Å².